The lowest BCUT2D eigenvalue weighted by Crippen LogP contribution is -2.20. The molecule has 8 nitrogen and oxygen atoms in total. The van der Waals surface area contributed by atoms with Crippen LogP contribution in [0.3, 0.4) is 0 Å². The van der Waals surface area contributed by atoms with E-state index in [1.165, 1.54) is 30.1 Å². The van der Waals surface area contributed by atoms with Crippen molar-refractivity contribution in [2.24, 2.45) is 5.10 Å². The number of thioether (sulfide) groups is 1. The zero-order valence-corrected chi connectivity index (χ0v) is 20.3. The molecule has 0 aliphatic carbocycles. The first kappa shape index (κ1) is 24.5. The summed E-state index contributed by atoms with van der Waals surface area (Å²) in [4.78, 5) is 23.3. The normalized spacial score (nSPS) is 11.0. The number of carbonyl (C=O) groups is 2. The Morgan fingerprint density at radius 1 is 0.943 bits per heavy atom. The molecule has 0 bridgehead atoms. The molecule has 4 aromatic rings. The van der Waals surface area contributed by atoms with Crippen LogP contribution in [0.1, 0.15) is 15.9 Å². The fraction of sp³-hybridized carbons (Fsp3) is 0.0417. The van der Waals surface area contributed by atoms with Crippen molar-refractivity contribution in [3.63, 3.8) is 0 Å². The van der Waals surface area contributed by atoms with E-state index in [0.717, 1.165) is 11.3 Å². The fourth-order valence-electron chi connectivity index (χ4n) is 3.03. The molecule has 3 aromatic carbocycles. The third-order valence-corrected chi connectivity index (χ3v) is 6.15. The van der Waals surface area contributed by atoms with E-state index in [1.54, 1.807) is 36.4 Å². The summed E-state index contributed by atoms with van der Waals surface area (Å²) in [6, 6.07) is 20.6. The predicted molar refractivity (Wildman–Crippen MR) is 137 cm³/mol. The third kappa shape index (κ3) is 6.27. The SMILES string of the molecule is O=C(CSc1nnc(-c2ccc(Cl)cc2)n1-c1ccc(Cl)cc1)N/N=C\c1ccc(C(=O)O)cc1. The van der Waals surface area contributed by atoms with Gasteiger partial charge in [0.1, 0.15) is 0 Å². The lowest BCUT2D eigenvalue weighted by atomic mass is 10.1. The van der Waals surface area contributed by atoms with Crippen LogP contribution in [0.25, 0.3) is 17.1 Å². The molecule has 0 saturated heterocycles. The highest BCUT2D eigenvalue weighted by Gasteiger charge is 2.17. The van der Waals surface area contributed by atoms with Gasteiger partial charge in [0.25, 0.3) is 5.91 Å². The molecule has 0 radical (unpaired) electrons. The number of hydrogen-bond acceptors (Lipinski definition) is 6. The molecule has 0 aliphatic heterocycles. The molecule has 0 atom stereocenters. The van der Waals surface area contributed by atoms with Crippen molar-refractivity contribution in [3.05, 3.63) is 94.0 Å². The van der Waals surface area contributed by atoms with Gasteiger partial charge in [-0.15, -0.1) is 10.2 Å². The Hall–Kier alpha value is -3.66. The number of aromatic carboxylic acids is 1. The van der Waals surface area contributed by atoms with Crippen molar-refractivity contribution in [2.75, 3.05) is 5.75 Å². The van der Waals surface area contributed by atoms with Crippen molar-refractivity contribution in [3.8, 4) is 17.1 Å². The molecule has 1 aromatic heterocycles. The molecule has 0 unspecified atom stereocenters. The zero-order chi connectivity index (χ0) is 24.8. The molecule has 0 aliphatic rings. The Bertz CT molecular complexity index is 1370. The number of hydrogen-bond donors (Lipinski definition) is 2. The first-order chi connectivity index (χ1) is 16.9. The van der Waals surface area contributed by atoms with Crippen molar-refractivity contribution in [1.82, 2.24) is 20.2 Å². The average Bonchev–Trinajstić information content (AvgIpc) is 3.28. The smallest absolute Gasteiger partial charge is 0.335 e. The number of nitrogens with zero attached hydrogens (tertiary/aromatic N) is 4. The Balaban J connectivity index is 1.47. The van der Waals surface area contributed by atoms with Gasteiger partial charge in [-0.2, -0.15) is 5.10 Å². The van der Waals surface area contributed by atoms with Crippen LogP contribution in [0, 0.1) is 0 Å². The molecule has 176 valence electrons. The van der Waals surface area contributed by atoms with Gasteiger partial charge in [0.05, 0.1) is 17.5 Å². The van der Waals surface area contributed by atoms with Gasteiger partial charge in [-0.05, 0) is 66.2 Å². The summed E-state index contributed by atoms with van der Waals surface area (Å²) in [6.45, 7) is 0. The Labute approximate surface area is 214 Å². The van der Waals surface area contributed by atoms with E-state index in [2.05, 4.69) is 20.7 Å². The number of benzene rings is 3. The molecule has 0 spiro atoms. The third-order valence-electron chi connectivity index (χ3n) is 4.71. The zero-order valence-electron chi connectivity index (χ0n) is 17.9. The summed E-state index contributed by atoms with van der Waals surface area (Å²) in [6.07, 6.45) is 1.43. The van der Waals surface area contributed by atoms with Crippen LogP contribution in [0.2, 0.25) is 10.0 Å². The average molecular weight is 526 g/mol. The summed E-state index contributed by atoms with van der Waals surface area (Å²) in [7, 11) is 0. The predicted octanol–water partition coefficient (Wildman–Crippen LogP) is 5.18. The Kier molecular flexibility index (Phi) is 7.81. The van der Waals surface area contributed by atoms with Gasteiger partial charge in [0, 0.05) is 21.3 Å². The molecular weight excluding hydrogens is 509 g/mol. The van der Waals surface area contributed by atoms with Gasteiger partial charge < -0.3 is 5.11 Å². The maximum atomic E-state index is 12.3. The first-order valence-electron chi connectivity index (χ1n) is 10.2. The highest BCUT2D eigenvalue weighted by atomic mass is 35.5. The number of nitrogens with one attached hydrogen (secondary N) is 1. The molecule has 0 saturated carbocycles. The Morgan fingerprint density at radius 2 is 1.57 bits per heavy atom. The molecule has 2 N–H and O–H groups in total. The molecular formula is C24H17Cl2N5O3S. The second-order valence-electron chi connectivity index (χ2n) is 7.13. The molecule has 35 heavy (non-hydrogen) atoms. The fourth-order valence-corrected chi connectivity index (χ4v) is 4.02. The summed E-state index contributed by atoms with van der Waals surface area (Å²) >= 11 is 13.3. The largest absolute Gasteiger partial charge is 0.478 e. The van der Waals surface area contributed by atoms with Crippen LogP contribution in [0.5, 0.6) is 0 Å². The van der Waals surface area contributed by atoms with Crippen molar-refractivity contribution >= 4 is 53.1 Å². The van der Waals surface area contributed by atoms with E-state index >= 15 is 0 Å². The Morgan fingerprint density at radius 3 is 2.20 bits per heavy atom. The van der Waals surface area contributed by atoms with Gasteiger partial charge in [-0.1, -0.05) is 47.1 Å². The number of carboxylic acid groups (broad SMARTS) is 1. The topological polar surface area (TPSA) is 109 Å². The maximum absolute atomic E-state index is 12.3. The van der Waals surface area contributed by atoms with Crippen LogP contribution in [0.15, 0.2) is 83.1 Å². The summed E-state index contributed by atoms with van der Waals surface area (Å²) in [5, 5.41) is 23.2. The number of hydrazone groups is 1. The van der Waals surface area contributed by atoms with Gasteiger partial charge in [0.2, 0.25) is 0 Å². The maximum Gasteiger partial charge on any atom is 0.335 e. The van der Waals surface area contributed by atoms with Crippen molar-refractivity contribution in [2.45, 2.75) is 5.16 Å². The van der Waals surface area contributed by atoms with Crippen LogP contribution < -0.4 is 5.43 Å². The lowest BCUT2D eigenvalue weighted by Gasteiger charge is -2.10. The molecule has 11 heteroatoms. The van der Waals surface area contributed by atoms with Crippen molar-refractivity contribution in [1.29, 1.82) is 0 Å². The molecule has 4 rings (SSSR count). The van der Waals surface area contributed by atoms with Crippen molar-refractivity contribution < 1.29 is 14.7 Å². The van der Waals surface area contributed by atoms with E-state index < -0.39 is 5.97 Å². The van der Waals surface area contributed by atoms with E-state index in [0.29, 0.717) is 26.6 Å². The number of aromatic nitrogens is 3. The van der Waals surface area contributed by atoms with E-state index in [1.807, 2.05) is 28.8 Å². The number of rotatable bonds is 8. The van der Waals surface area contributed by atoms with Gasteiger partial charge in [0.15, 0.2) is 11.0 Å². The van der Waals surface area contributed by atoms with E-state index in [4.69, 9.17) is 28.3 Å². The number of carbonyl (C=O) groups excluding carboxylic acids is 1. The highest BCUT2D eigenvalue weighted by Crippen LogP contribution is 2.29. The van der Waals surface area contributed by atoms with E-state index in [-0.39, 0.29) is 17.2 Å². The second kappa shape index (κ2) is 11.2. The minimum absolute atomic E-state index is 0.0433. The quantitative estimate of drug-likeness (QED) is 0.186. The van der Waals surface area contributed by atoms with E-state index in [9.17, 15) is 9.59 Å². The number of halogens is 2. The van der Waals surface area contributed by atoms with Gasteiger partial charge in [-0.3, -0.25) is 9.36 Å². The molecule has 0 fully saturated rings. The number of carboxylic acids is 1. The lowest BCUT2D eigenvalue weighted by molar-refractivity contribution is -0.118. The minimum Gasteiger partial charge on any atom is -0.478 e. The van der Waals surface area contributed by atoms with Crippen LogP contribution >= 0.6 is 35.0 Å². The second-order valence-corrected chi connectivity index (χ2v) is 8.95. The van der Waals surface area contributed by atoms with Gasteiger partial charge >= 0.3 is 5.97 Å². The molecule has 1 heterocycles. The van der Waals surface area contributed by atoms with Crippen LogP contribution in [0.4, 0.5) is 0 Å². The first-order valence-corrected chi connectivity index (χ1v) is 11.9. The highest BCUT2D eigenvalue weighted by molar-refractivity contribution is 7.99. The van der Waals surface area contributed by atoms with Crippen LogP contribution in [-0.2, 0) is 4.79 Å². The standard InChI is InChI=1S/C24H17Cl2N5O3S/c25-18-7-5-16(6-8-18)22-29-30-24(31(22)20-11-9-19(26)10-12-20)35-14-21(32)28-27-13-15-1-3-17(4-2-15)23(33)34/h1-13H,14H2,(H,28,32)(H,33,34)/b27-13-. The minimum atomic E-state index is -1.01. The summed E-state index contributed by atoms with van der Waals surface area (Å²) < 4.78 is 1.84. The monoisotopic (exact) mass is 525 g/mol. The van der Waals surface area contributed by atoms with Gasteiger partial charge in [-0.25, -0.2) is 10.2 Å². The summed E-state index contributed by atoms with van der Waals surface area (Å²) in [5.41, 5.74) is 4.88. The van der Waals surface area contributed by atoms with Crippen LogP contribution in [-0.4, -0.2) is 43.7 Å². The molecule has 1 amide bonds. The summed E-state index contributed by atoms with van der Waals surface area (Å²) in [5.74, 6) is -0.715. The number of amides is 1.